The smallest absolute Gasteiger partial charge is 0.324 e. The van der Waals surface area contributed by atoms with E-state index < -0.39 is 30.3 Å². The molecule has 1 aromatic rings. The number of rotatable bonds is 5. The van der Waals surface area contributed by atoms with Crippen molar-refractivity contribution in [1.82, 2.24) is 20.4 Å². The third-order valence-electron chi connectivity index (χ3n) is 3.77. The van der Waals surface area contributed by atoms with E-state index in [1.807, 2.05) is 0 Å². The molecule has 9 heteroatoms. The van der Waals surface area contributed by atoms with Crippen LogP contribution in [0.15, 0.2) is 24.3 Å². The summed E-state index contributed by atoms with van der Waals surface area (Å²) in [6.07, 6.45) is 0. The molecule has 0 unspecified atom stereocenters. The minimum atomic E-state index is -0.545. The van der Waals surface area contributed by atoms with Crippen molar-refractivity contribution in [1.29, 1.82) is 0 Å². The molecule has 0 aliphatic carbocycles. The van der Waals surface area contributed by atoms with Crippen molar-refractivity contribution in [3.05, 3.63) is 35.4 Å². The Kier molecular flexibility index (Phi) is 3.98. The molecule has 0 radical (unpaired) electrons. The molecule has 2 aliphatic rings. The normalized spacial score (nSPS) is 16.5. The van der Waals surface area contributed by atoms with Crippen LogP contribution in [-0.2, 0) is 9.59 Å². The molecule has 0 bridgehead atoms. The molecule has 6 amide bonds. The Bertz CT molecular complexity index is 709. The Balaban J connectivity index is 1.53. The van der Waals surface area contributed by atoms with E-state index in [-0.39, 0.29) is 36.7 Å². The minimum Gasteiger partial charge on any atom is -0.353 e. The highest BCUT2D eigenvalue weighted by Crippen LogP contribution is 2.21. The summed E-state index contributed by atoms with van der Waals surface area (Å²) in [5.74, 6) is -1.94. The largest absolute Gasteiger partial charge is 0.353 e. The van der Waals surface area contributed by atoms with Crippen molar-refractivity contribution < 1.29 is 24.0 Å². The molecule has 2 heterocycles. The van der Waals surface area contributed by atoms with Gasteiger partial charge < -0.3 is 10.6 Å². The molecular formula is C15H14N4O5. The number of urea groups is 1. The molecule has 24 heavy (non-hydrogen) atoms. The number of nitrogens with one attached hydrogen (secondary N) is 2. The van der Waals surface area contributed by atoms with Crippen molar-refractivity contribution in [3.8, 4) is 0 Å². The number of carbonyl (C=O) groups is 5. The highest BCUT2D eigenvalue weighted by molar-refractivity contribution is 6.22. The van der Waals surface area contributed by atoms with Crippen molar-refractivity contribution in [2.75, 3.05) is 26.2 Å². The van der Waals surface area contributed by atoms with Crippen LogP contribution in [0.25, 0.3) is 0 Å². The van der Waals surface area contributed by atoms with Gasteiger partial charge in [-0.25, -0.2) is 4.79 Å². The lowest BCUT2D eigenvalue weighted by Gasteiger charge is -2.15. The second-order valence-corrected chi connectivity index (χ2v) is 5.30. The van der Waals surface area contributed by atoms with Gasteiger partial charge in [-0.15, -0.1) is 0 Å². The molecule has 0 spiro atoms. The zero-order chi connectivity index (χ0) is 17.3. The summed E-state index contributed by atoms with van der Waals surface area (Å²) in [5.41, 5.74) is 0.546. The van der Waals surface area contributed by atoms with E-state index >= 15 is 0 Å². The maximum absolute atomic E-state index is 12.1. The van der Waals surface area contributed by atoms with Gasteiger partial charge in [-0.1, -0.05) is 12.1 Å². The van der Waals surface area contributed by atoms with E-state index in [2.05, 4.69) is 10.6 Å². The van der Waals surface area contributed by atoms with Crippen LogP contribution >= 0.6 is 0 Å². The predicted molar refractivity (Wildman–Crippen MR) is 79.9 cm³/mol. The fourth-order valence-corrected chi connectivity index (χ4v) is 2.57. The topological polar surface area (TPSA) is 116 Å². The van der Waals surface area contributed by atoms with Gasteiger partial charge in [0.1, 0.15) is 6.54 Å². The van der Waals surface area contributed by atoms with E-state index in [1.165, 1.54) is 12.1 Å². The Morgan fingerprint density at radius 3 is 2.21 bits per heavy atom. The first kappa shape index (κ1) is 15.7. The fraction of sp³-hybridized carbons (Fsp3) is 0.267. The zero-order valence-electron chi connectivity index (χ0n) is 12.6. The second-order valence-electron chi connectivity index (χ2n) is 5.30. The third-order valence-corrected chi connectivity index (χ3v) is 3.77. The minimum absolute atomic E-state index is 0.0263. The summed E-state index contributed by atoms with van der Waals surface area (Å²) in [7, 11) is 0. The summed E-state index contributed by atoms with van der Waals surface area (Å²) in [4.78, 5) is 60.8. The predicted octanol–water partition coefficient (Wildman–Crippen LogP) is -1.05. The summed E-state index contributed by atoms with van der Waals surface area (Å²) < 4.78 is 0. The molecule has 1 saturated heterocycles. The Labute approximate surface area is 136 Å². The fourth-order valence-electron chi connectivity index (χ4n) is 2.57. The number of carbonyl (C=O) groups excluding carboxylic acids is 5. The molecule has 1 aromatic carbocycles. The Morgan fingerprint density at radius 1 is 1.04 bits per heavy atom. The van der Waals surface area contributed by atoms with Crippen LogP contribution in [0.5, 0.6) is 0 Å². The number of hydrogen-bond acceptors (Lipinski definition) is 5. The van der Waals surface area contributed by atoms with Gasteiger partial charge in [0.05, 0.1) is 17.7 Å². The van der Waals surface area contributed by atoms with Gasteiger partial charge in [0.15, 0.2) is 0 Å². The van der Waals surface area contributed by atoms with Gasteiger partial charge in [-0.05, 0) is 12.1 Å². The first-order valence-corrected chi connectivity index (χ1v) is 7.29. The van der Waals surface area contributed by atoms with E-state index in [1.54, 1.807) is 12.1 Å². The van der Waals surface area contributed by atoms with Crippen LogP contribution in [0.3, 0.4) is 0 Å². The van der Waals surface area contributed by atoms with Crippen LogP contribution in [0.1, 0.15) is 20.7 Å². The summed E-state index contributed by atoms with van der Waals surface area (Å²) in [5, 5.41) is 4.85. The molecule has 124 valence electrons. The van der Waals surface area contributed by atoms with Gasteiger partial charge in [-0.3, -0.25) is 29.0 Å². The SMILES string of the molecule is O=C(CN1C(=O)c2ccccc2C1=O)NCCN1C(=O)CNC1=O. The number of imide groups is 2. The van der Waals surface area contributed by atoms with Crippen LogP contribution in [0.2, 0.25) is 0 Å². The molecular weight excluding hydrogens is 316 g/mol. The number of amides is 6. The van der Waals surface area contributed by atoms with Crippen molar-refractivity contribution in [2.24, 2.45) is 0 Å². The first-order valence-electron chi connectivity index (χ1n) is 7.29. The number of benzene rings is 1. The first-order chi connectivity index (χ1) is 11.5. The summed E-state index contributed by atoms with van der Waals surface area (Å²) >= 11 is 0. The standard InChI is InChI=1S/C15H14N4O5/c20-11(16-5-6-18-12(21)7-17-15(18)24)8-19-13(22)9-3-1-2-4-10(9)14(19)23/h1-4H,5-8H2,(H,16,20)(H,17,24). The zero-order valence-corrected chi connectivity index (χ0v) is 12.6. The lowest BCUT2D eigenvalue weighted by Crippen LogP contribution is -2.43. The molecule has 9 nitrogen and oxygen atoms in total. The number of nitrogens with zero attached hydrogens (tertiary/aromatic N) is 2. The molecule has 0 atom stereocenters. The maximum atomic E-state index is 12.1. The van der Waals surface area contributed by atoms with Gasteiger partial charge >= 0.3 is 6.03 Å². The molecule has 1 fully saturated rings. The number of fused-ring (bicyclic) bond motifs is 1. The van der Waals surface area contributed by atoms with E-state index in [0.29, 0.717) is 0 Å². The van der Waals surface area contributed by atoms with Crippen molar-refractivity contribution in [3.63, 3.8) is 0 Å². The van der Waals surface area contributed by atoms with Crippen LogP contribution in [0, 0.1) is 0 Å². The molecule has 2 aliphatic heterocycles. The monoisotopic (exact) mass is 330 g/mol. The highest BCUT2D eigenvalue weighted by Gasteiger charge is 2.36. The third kappa shape index (κ3) is 2.71. The average molecular weight is 330 g/mol. The summed E-state index contributed by atoms with van der Waals surface area (Å²) in [6.45, 7) is -0.395. The number of hydrogen-bond donors (Lipinski definition) is 2. The quantitative estimate of drug-likeness (QED) is 0.528. The van der Waals surface area contributed by atoms with Gasteiger partial charge in [0, 0.05) is 13.1 Å². The molecule has 0 saturated carbocycles. The second kappa shape index (κ2) is 6.11. The molecule has 3 rings (SSSR count). The van der Waals surface area contributed by atoms with E-state index in [4.69, 9.17) is 0 Å². The van der Waals surface area contributed by atoms with Crippen LogP contribution < -0.4 is 10.6 Å². The van der Waals surface area contributed by atoms with E-state index in [0.717, 1.165) is 9.80 Å². The highest BCUT2D eigenvalue weighted by atomic mass is 16.2. The lowest BCUT2D eigenvalue weighted by molar-refractivity contribution is -0.126. The van der Waals surface area contributed by atoms with Crippen LogP contribution in [-0.4, -0.2) is 65.6 Å². The van der Waals surface area contributed by atoms with Crippen LogP contribution in [0.4, 0.5) is 4.79 Å². The van der Waals surface area contributed by atoms with Crippen molar-refractivity contribution >= 4 is 29.7 Å². The maximum Gasteiger partial charge on any atom is 0.324 e. The molecule has 2 N–H and O–H groups in total. The Morgan fingerprint density at radius 2 is 1.67 bits per heavy atom. The van der Waals surface area contributed by atoms with Crippen molar-refractivity contribution in [2.45, 2.75) is 0 Å². The van der Waals surface area contributed by atoms with Gasteiger partial charge in [-0.2, -0.15) is 0 Å². The summed E-state index contributed by atoms with van der Waals surface area (Å²) in [6, 6.07) is 5.85. The Hall–Kier alpha value is -3.23. The van der Waals surface area contributed by atoms with Gasteiger partial charge in [0.25, 0.3) is 11.8 Å². The van der Waals surface area contributed by atoms with E-state index in [9.17, 15) is 24.0 Å². The van der Waals surface area contributed by atoms with Gasteiger partial charge in [0.2, 0.25) is 11.8 Å². The lowest BCUT2D eigenvalue weighted by atomic mass is 10.1. The average Bonchev–Trinajstić information content (AvgIpc) is 3.01. The molecule has 0 aromatic heterocycles.